The summed E-state index contributed by atoms with van der Waals surface area (Å²) in [5.74, 6) is 0.717. The summed E-state index contributed by atoms with van der Waals surface area (Å²) in [5, 5.41) is 3.48. The summed E-state index contributed by atoms with van der Waals surface area (Å²) in [7, 11) is 0. The molecule has 0 atom stereocenters. The highest BCUT2D eigenvalue weighted by molar-refractivity contribution is 5.22. The van der Waals surface area contributed by atoms with Crippen LogP contribution in [-0.2, 0) is 22.5 Å². The molecular formula is C18H29NO2. The van der Waals surface area contributed by atoms with Crippen molar-refractivity contribution in [1.29, 1.82) is 0 Å². The first-order valence-electron chi connectivity index (χ1n) is 8.22. The molecule has 0 saturated carbocycles. The predicted molar refractivity (Wildman–Crippen MR) is 86.5 cm³/mol. The molecule has 1 aromatic rings. The predicted octanol–water partition coefficient (Wildman–Crippen LogP) is 3.17. The molecule has 0 aromatic heterocycles. The van der Waals surface area contributed by atoms with Gasteiger partial charge < -0.3 is 14.8 Å². The van der Waals surface area contributed by atoms with Crippen molar-refractivity contribution in [1.82, 2.24) is 5.32 Å². The van der Waals surface area contributed by atoms with Gasteiger partial charge in [-0.3, -0.25) is 0 Å². The molecule has 3 nitrogen and oxygen atoms in total. The van der Waals surface area contributed by atoms with Crippen LogP contribution in [0.2, 0.25) is 0 Å². The Morgan fingerprint density at radius 3 is 2.48 bits per heavy atom. The van der Waals surface area contributed by atoms with Crippen LogP contribution in [0.1, 0.15) is 37.8 Å². The van der Waals surface area contributed by atoms with Crippen LogP contribution in [0.5, 0.6) is 0 Å². The lowest BCUT2D eigenvalue weighted by Gasteiger charge is -2.22. The molecule has 1 heterocycles. The average molecular weight is 291 g/mol. The van der Waals surface area contributed by atoms with Crippen LogP contribution >= 0.6 is 0 Å². The molecule has 0 spiro atoms. The molecular weight excluding hydrogens is 262 g/mol. The molecule has 1 saturated heterocycles. The number of hydrogen-bond donors (Lipinski definition) is 1. The molecule has 118 valence electrons. The van der Waals surface area contributed by atoms with Crippen molar-refractivity contribution >= 4 is 0 Å². The first-order chi connectivity index (χ1) is 10.2. The Hall–Kier alpha value is -0.900. The quantitative estimate of drug-likeness (QED) is 0.746. The Kier molecular flexibility index (Phi) is 7.20. The van der Waals surface area contributed by atoms with E-state index in [0.717, 1.165) is 58.1 Å². The van der Waals surface area contributed by atoms with Crippen LogP contribution in [0, 0.1) is 5.92 Å². The summed E-state index contributed by atoms with van der Waals surface area (Å²) in [6, 6.07) is 8.83. The molecule has 0 radical (unpaired) electrons. The topological polar surface area (TPSA) is 30.5 Å². The maximum absolute atomic E-state index is 5.94. The Morgan fingerprint density at radius 2 is 1.81 bits per heavy atom. The molecule has 1 aliphatic heterocycles. The highest BCUT2D eigenvalue weighted by atomic mass is 16.5. The second-order valence-corrected chi connectivity index (χ2v) is 6.29. The lowest BCUT2D eigenvalue weighted by atomic mass is 10.1. The van der Waals surface area contributed by atoms with Gasteiger partial charge in [-0.1, -0.05) is 38.1 Å². The van der Waals surface area contributed by atoms with Crippen molar-refractivity contribution < 1.29 is 9.47 Å². The van der Waals surface area contributed by atoms with E-state index in [9.17, 15) is 0 Å². The van der Waals surface area contributed by atoms with Crippen molar-refractivity contribution in [3.8, 4) is 0 Å². The maximum Gasteiger partial charge on any atom is 0.0720 e. The molecule has 1 N–H and O–H groups in total. The van der Waals surface area contributed by atoms with E-state index in [1.807, 2.05) is 0 Å². The standard InChI is InChI=1S/C18H29NO2/c1-15(2)13-19-10-7-16-3-5-17(6-4-16)14-21-18-8-11-20-12-9-18/h3-6,15,18-19H,7-14H2,1-2H3. The van der Waals surface area contributed by atoms with E-state index < -0.39 is 0 Å². The summed E-state index contributed by atoms with van der Waals surface area (Å²) in [6.07, 6.45) is 3.52. The molecule has 0 aliphatic carbocycles. The van der Waals surface area contributed by atoms with Gasteiger partial charge in [0.25, 0.3) is 0 Å². The fourth-order valence-corrected chi connectivity index (χ4v) is 2.48. The summed E-state index contributed by atoms with van der Waals surface area (Å²) in [6.45, 7) is 9.02. The van der Waals surface area contributed by atoms with E-state index in [1.54, 1.807) is 0 Å². The van der Waals surface area contributed by atoms with Crippen LogP contribution in [0.4, 0.5) is 0 Å². The van der Waals surface area contributed by atoms with Gasteiger partial charge in [-0.15, -0.1) is 0 Å². The van der Waals surface area contributed by atoms with Gasteiger partial charge >= 0.3 is 0 Å². The van der Waals surface area contributed by atoms with Gasteiger partial charge in [-0.05, 0) is 49.4 Å². The van der Waals surface area contributed by atoms with Gasteiger partial charge in [0.05, 0.1) is 12.7 Å². The fraction of sp³-hybridized carbons (Fsp3) is 0.667. The van der Waals surface area contributed by atoms with Crippen LogP contribution < -0.4 is 5.32 Å². The fourth-order valence-electron chi connectivity index (χ4n) is 2.48. The summed E-state index contributed by atoms with van der Waals surface area (Å²) in [4.78, 5) is 0. The number of rotatable bonds is 8. The van der Waals surface area contributed by atoms with Crippen LogP contribution in [0.15, 0.2) is 24.3 Å². The summed E-state index contributed by atoms with van der Waals surface area (Å²) < 4.78 is 11.3. The van der Waals surface area contributed by atoms with E-state index in [2.05, 4.69) is 43.4 Å². The zero-order valence-electron chi connectivity index (χ0n) is 13.4. The van der Waals surface area contributed by atoms with Gasteiger partial charge in [-0.25, -0.2) is 0 Å². The van der Waals surface area contributed by atoms with Crippen molar-refractivity contribution in [3.63, 3.8) is 0 Å². The smallest absolute Gasteiger partial charge is 0.0720 e. The molecule has 3 heteroatoms. The largest absolute Gasteiger partial charge is 0.381 e. The van der Waals surface area contributed by atoms with E-state index in [0.29, 0.717) is 6.10 Å². The molecule has 1 fully saturated rings. The van der Waals surface area contributed by atoms with Gasteiger partial charge in [0.15, 0.2) is 0 Å². The first kappa shape index (κ1) is 16.5. The number of hydrogen-bond acceptors (Lipinski definition) is 3. The second-order valence-electron chi connectivity index (χ2n) is 6.29. The molecule has 0 bridgehead atoms. The van der Waals surface area contributed by atoms with E-state index in [1.165, 1.54) is 11.1 Å². The van der Waals surface area contributed by atoms with Crippen molar-refractivity contribution in [2.45, 2.75) is 45.8 Å². The van der Waals surface area contributed by atoms with Crippen LogP contribution in [-0.4, -0.2) is 32.4 Å². The molecule has 0 amide bonds. The highest BCUT2D eigenvalue weighted by Gasteiger charge is 2.13. The normalized spacial score (nSPS) is 16.5. The van der Waals surface area contributed by atoms with Gasteiger partial charge in [-0.2, -0.15) is 0 Å². The van der Waals surface area contributed by atoms with Crippen LogP contribution in [0.25, 0.3) is 0 Å². The van der Waals surface area contributed by atoms with Gasteiger partial charge in [0.1, 0.15) is 0 Å². The number of benzene rings is 1. The lowest BCUT2D eigenvalue weighted by Crippen LogP contribution is -2.23. The Bertz CT molecular complexity index is 383. The third-order valence-electron chi connectivity index (χ3n) is 3.82. The Morgan fingerprint density at radius 1 is 1.14 bits per heavy atom. The Labute approximate surface area is 129 Å². The minimum atomic E-state index is 0.374. The van der Waals surface area contributed by atoms with E-state index in [4.69, 9.17) is 9.47 Å². The van der Waals surface area contributed by atoms with Crippen molar-refractivity contribution in [2.75, 3.05) is 26.3 Å². The SMILES string of the molecule is CC(C)CNCCc1ccc(COC2CCOCC2)cc1. The third-order valence-corrected chi connectivity index (χ3v) is 3.82. The summed E-state index contributed by atoms with van der Waals surface area (Å²) >= 11 is 0. The molecule has 2 rings (SSSR count). The summed E-state index contributed by atoms with van der Waals surface area (Å²) in [5.41, 5.74) is 2.65. The number of nitrogens with one attached hydrogen (secondary N) is 1. The van der Waals surface area contributed by atoms with Crippen LogP contribution in [0.3, 0.4) is 0 Å². The maximum atomic E-state index is 5.94. The van der Waals surface area contributed by atoms with Gasteiger partial charge in [0.2, 0.25) is 0 Å². The zero-order valence-corrected chi connectivity index (χ0v) is 13.4. The van der Waals surface area contributed by atoms with E-state index in [-0.39, 0.29) is 0 Å². The monoisotopic (exact) mass is 291 g/mol. The molecule has 1 aliphatic rings. The minimum absolute atomic E-state index is 0.374. The third kappa shape index (κ3) is 6.60. The van der Waals surface area contributed by atoms with Crippen molar-refractivity contribution in [3.05, 3.63) is 35.4 Å². The van der Waals surface area contributed by atoms with Gasteiger partial charge in [0, 0.05) is 13.2 Å². The zero-order chi connectivity index (χ0) is 14.9. The minimum Gasteiger partial charge on any atom is -0.381 e. The average Bonchev–Trinajstić information content (AvgIpc) is 2.51. The second kappa shape index (κ2) is 9.19. The number of ether oxygens (including phenoxy) is 2. The first-order valence-corrected chi connectivity index (χ1v) is 8.22. The molecule has 1 aromatic carbocycles. The molecule has 21 heavy (non-hydrogen) atoms. The molecule has 0 unspecified atom stereocenters. The Balaban J connectivity index is 1.66. The highest BCUT2D eigenvalue weighted by Crippen LogP contribution is 2.14. The van der Waals surface area contributed by atoms with Crippen molar-refractivity contribution in [2.24, 2.45) is 5.92 Å². The lowest BCUT2D eigenvalue weighted by molar-refractivity contribution is -0.0390. The van der Waals surface area contributed by atoms with E-state index >= 15 is 0 Å².